The molecule has 0 aromatic heterocycles. The Morgan fingerprint density at radius 1 is 0.853 bits per heavy atom. The van der Waals surface area contributed by atoms with Crippen LogP contribution in [0.3, 0.4) is 0 Å². The number of amides is 1. The number of hydrogen-bond donors (Lipinski definition) is 2. The second-order valence-corrected chi connectivity index (χ2v) is 10.3. The van der Waals surface area contributed by atoms with Crippen LogP contribution < -0.4 is 10.0 Å². The molecule has 3 aromatic rings. The highest BCUT2D eigenvalue weighted by molar-refractivity contribution is 7.89. The lowest BCUT2D eigenvalue weighted by Gasteiger charge is -2.13. The van der Waals surface area contributed by atoms with Crippen molar-refractivity contribution in [2.45, 2.75) is 43.5 Å². The van der Waals surface area contributed by atoms with Crippen molar-refractivity contribution in [1.82, 2.24) is 10.0 Å². The molecule has 1 amide bonds. The molecule has 0 saturated heterocycles. The number of rotatable bonds is 9. The number of nitrogens with one attached hydrogen (secondary N) is 2. The average Bonchev–Trinajstić information content (AvgIpc) is 2.89. The second kappa shape index (κ2) is 11.3. The van der Waals surface area contributed by atoms with Gasteiger partial charge in [0.2, 0.25) is 10.0 Å². The first-order chi connectivity index (χ1) is 16.5. The monoisotopic (exact) mass is 474 g/mol. The van der Waals surface area contributed by atoms with E-state index in [0.29, 0.717) is 12.1 Å². The summed E-state index contributed by atoms with van der Waals surface area (Å²) in [7, 11) is -3.62. The first kappa shape index (κ1) is 23.9. The van der Waals surface area contributed by atoms with Crippen LogP contribution in [0.15, 0.2) is 95.4 Å². The van der Waals surface area contributed by atoms with E-state index in [1.807, 2.05) is 48.5 Å². The molecule has 0 unspecified atom stereocenters. The zero-order chi connectivity index (χ0) is 23.8. The van der Waals surface area contributed by atoms with E-state index in [9.17, 15) is 13.2 Å². The molecule has 0 saturated carbocycles. The normalized spacial score (nSPS) is 13.8. The van der Waals surface area contributed by atoms with E-state index in [2.05, 4.69) is 16.1 Å². The van der Waals surface area contributed by atoms with Gasteiger partial charge in [-0.3, -0.25) is 4.79 Å². The van der Waals surface area contributed by atoms with E-state index >= 15 is 0 Å². The molecule has 2 N–H and O–H groups in total. The fraction of sp³-hybridized carbons (Fsp3) is 0.250. The van der Waals surface area contributed by atoms with Gasteiger partial charge in [-0.05, 0) is 73.1 Å². The summed E-state index contributed by atoms with van der Waals surface area (Å²) in [4.78, 5) is 12.8. The molecule has 0 fully saturated rings. The number of hydrogen-bond acceptors (Lipinski definition) is 3. The van der Waals surface area contributed by atoms with Crippen LogP contribution in [0.25, 0.3) is 11.1 Å². The summed E-state index contributed by atoms with van der Waals surface area (Å²) in [6.07, 6.45) is 8.00. The third kappa shape index (κ3) is 6.43. The highest BCUT2D eigenvalue weighted by Crippen LogP contribution is 2.23. The molecule has 34 heavy (non-hydrogen) atoms. The lowest BCUT2D eigenvalue weighted by Crippen LogP contribution is -2.24. The maximum absolute atomic E-state index is 12.6. The zero-order valence-corrected chi connectivity index (χ0v) is 20.0. The molecule has 0 spiro atoms. The summed E-state index contributed by atoms with van der Waals surface area (Å²) < 4.78 is 27.9. The fourth-order valence-corrected chi connectivity index (χ4v) is 5.11. The summed E-state index contributed by atoms with van der Waals surface area (Å²) >= 11 is 0. The van der Waals surface area contributed by atoms with Crippen molar-refractivity contribution in [3.63, 3.8) is 0 Å². The van der Waals surface area contributed by atoms with Crippen molar-refractivity contribution in [2.24, 2.45) is 0 Å². The Labute approximate surface area is 202 Å². The molecular formula is C28H30N2O3S. The molecule has 176 valence electrons. The number of benzene rings is 3. The van der Waals surface area contributed by atoms with Crippen molar-refractivity contribution in [3.05, 3.63) is 102 Å². The molecule has 0 aliphatic heterocycles. The highest BCUT2D eigenvalue weighted by Gasteiger charge is 2.14. The van der Waals surface area contributed by atoms with Gasteiger partial charge in [0.15, 0.2) is 0 Å². The highest BCUT2D eigenvalue weighted by atomic mass is 32.2. The number of carbonyl (C=O) groups excluding carboxylic acids is 1. The summed E-state index contributed by atoms with van der Waals surface area (Å²) in [6.45, 7) is 0.872. The van der Waals surface area contributed by atoms with Gasteiger partial charge in [0, 0.05) is 18.7 Å². The lowest BCUT2D eigenvalue weighted by molar-refractivity contribution is 0.0954. The van der Waals surface area contributed by atoms with Gasteiger partial charge in [0.05, 0.1) is 4.90 Å². The van der Waals surface area contributed by atoms with Crippen molar-refractivity contribution in [1.29, 1.82) is 0 Å². The Kier molecular flexibility index (Phi) is 7.93. The quantitative estimate of drug-likeness (QED) is 0.405. The molecule has 0 heterocycles. The fourth-order valence-electron chi connectivity index (χ4n) is 4.09. The van der Waals surface area contributed by atoms with Crippen LogP contribution in [-0.2, 0) is 16.6 Å². The third-order valence-corrected chi connectivity index (χ3v) is 7.47. The first-order valence-corrected chi connectivity index (χ1v) is 13.2. The average molecular weight is 475 g/mol. The first-order valence-electron chi connectivity index (χ1n) is 11.7. The zero-order valence-electron chi connectivity index (χ0n) is 19.2. The van der Waals surface area contributed by atoms with Gasteiger partial charge in [0.25, 0.3) is 5.91 Å². The molecule has 1 aliphatic carbocycles. The maximum atomic E-state index is 12.6. The molecular weight excluding hydrogens is 444 g/mol. The van der Waals surface area contributed by atoms with Gasteiger partial charge < -0.3 is 5.32 Å². The summed E-state index contributed by atoms with van der Waals surface area (Å²) in [5, 5.41) is 3.01. The molecule has 0 radical (unpaired) electrons. The van der Waals surface area contributed by atoms with Crippen molar-refractivity contribution in [3.8, 4) is 11.1 Å². The minimum absolute atomic E-state index is 0.0948. The largest absolute Gasteiger partial charge is 0.352 e. The van der Waals surface area contributed by atoms with Gasteiger partial charge in [-0.2, -0.15) is 0 Å². The standard InChI is InChI=1S/C28H30N2O3S/c31-28(29-19-18-22-8-3-1-4-9-22)26-13-7-12-25(20-26)24-14-16-27(17-15-24)34(32,33)30-21-23-10-5-2-6-11-23/h2,5-8,10-17,20,30H,1,3-4,9,18-19,21H2,(H,29,31). The van der Waals surface area contributed by atoms with Crippen LogP contribution in [0.5, 0.6) is 0 Å². The van der Waals surface area contributed by atoms with Crippen molar-refractivity contribution < 1.29 is 13.2 Å². The van der Waals surface area contributed by atoms with Crippen LogP contribution in [0.4, 0.5) is 0 Å². The smallest absolute Gasteiger partial charge is 0.251 e. The van der Waals surface area contributed by atoms with Crippen LogP contribution >= 0.6 is 0 Å². The van der Waals surface area contributed by atoms with Crippen LogP contribution in [0.2, 0.25) is 0 Å². The van der Waals surface area contributed by atoms with E-state index in [4.69, 9.17) is 0 Å². The molecule has 3 aromatic carbocycles. The van der Waals surface area contributed by atoms with Crippen LogP contribution in [0.1, 0.15) is 48.0 Å². The summed E-state index contributed by atoms with van der Waals surface area (Å²) in [5.41, 5.74) is 4.64. The molecule has 4 rings (SSSR count). The number of sulfonamides is 1. The summed E-state index contributed by atoms with van der Waals surface area (Å²) in [6, 6.07) is 23.5. The van der Waals surface area contributed by atoms with Crippen LogP contribution in [0, 0.1) is 0 Å². The van der Waals surface area contributed by atoms with Crippen molar-refractivity contribution in [2.75, 3.05) is 6.54 Å². The third-order valence-electron chi connectivity index (χ3n) is 6.05. The van der Waals surface area contributed by atoms with E-state index < -0.39 is 10.0 Å². The van der Waals surface area contributed by atoms with Gasteiger partial charge >= 0.3 is 0 Å². The molecule has 0 atom stereocenters. The predicted octanol–water partition coefficient (Wildman–Crippen LogP) is 5.45. The second-order valence-electron chi connectivity index (χ2n) is 8.53. The van der Waals surface area contributed by atoms with Crippen LogP contribution in [-0.4, -0.2) is 20.9 Å². The minimum Gasteiger partial charge on any atom is -0.352 e. The topological polar surface area (TPSA) is 75.3 Å². The van der Waals surface area contributed by atoms with Gasteiger partial charge in [-0.25, -0.2) is 13.1 Å². The molecule has 5 nitrogen and oxygen atoms in total. The number of allylic oxidation sites excluding steroid dienone is 1. The summed E-state index contributed by atoms with van der Waals surface area (Å²) in [5.74, 6) is -0.0948. The lowest BCUT2D eigenvalue weighted by atomic mass is 9.97. The molecule has 1 aliphatic rings. The Hall–Kier alpha value is -3.22. The van der Waals surface area contributed by atoms with Gasteiger partial charge in [-0.1, -0.05) is 66.2 Å². The molecule has 6 heteroatoms. The minimum atomic E-state index is -3.62. The Bertz CT molecular complexity index is 1250. The Morgan fingerprint density at radius 3 is 2.38 bits per heavy atom. The Balaban J connectivity index is 1.38. The van der Waals surface area contributed by atoms with E-state index in [-0.39, 0.29) is 17.3 Å². The number of carbonyl (C=O) groups is 1. The molecule has 0 bridgehead atoms. The SMILES string of the molecule is O=C(NCCC1=CCCCC1)c1cccc(-c2ccc(S(=O)(=O)NCc3ccccc3)cc2)c1. The maximum Gasteiger partial charge on any atom is 0.251 e. The Morgan fingerprint density at radius 2 is 1.65 bits per heavy atom. The van der Waals surface area contributed by atoms with E-state index in [1.54, 1.807) is 30.3 Å². The van der Waals surface area contributed by atoms with E-state index in [1.165, 1.54) is 18.4 Å². The van der Waals surface area contributed by atoms with E-state index in [0.717, 1.165) is 36.0 Å². The van der Waals surface area contributed by atoms with Crippen molar-refractivity contribution >= 4 is 15.9 Å². The van der Waals surface area contributed by atoms with Gasteiger partial charge in [-0.15, -0.1) is 0 Å². The van der Waals surface area contributed by atoms with Gasteiger partial charge in [0.1, 0.15) is 0 Å². The predicted molar refractivity (Wildman–Crippen MR) is 136 cm³/mol.